The van der Waals surface area contributed by atoms with Crippen LogP contribution in [0.3, 0.4) is 0 Å². The smallest absolute Gasteiger partial charge is 0.115 e. The molecule has 0 aliphatic rings. The summed E-state index contributed by atoms with van der Waals surface area (Å²) in [5.41, 5.74) is 1.91. The van der Waals surface area contributed by atoms with Crippen molar-refractivity contribution in [2.75, 3.05) is 0 Å². The lowest BCUT2D eigenvalue weighted by molar-refractivity contribution is 0.661. The van der Waals surface area contributed by atoms with Crippen molar-refractivity contribution in [1.29, 1.82) is 0 Å². The van der Waals surface area contributed by atoms with Crippen LogP contribution in [-0.2, 0) is 6.42 Å². The Labute approximate surface area is 82.0 Å². The van der Waals surface area contributed by atoms with Crippen molar-refractivity contribution in [2.24, 2.45) is 0 Å². The molecule has 2 radical (unpaired) electrons. The van der Waals surface area contributed by atoms with Crippen molar-refractivity contribution in [3.63, 3.8) is 0 Å². The number of unbranched alkanes of at least 4 members (excludes halogenated alkanes) is 3. The predicted molar refractivity (Wildman–Crippen MR) is 57.5 cm³/mol. The van der Waals surface area contributed by atoms with Gasteiger partial charge in [-0.3, -0.25) is 4.98 Å². The van der Waals surface area contributed by atoms with Crippen LogP contribution in [-0.4, -0.2) is 12.8 Å². The highest BCUT2D eigenvalue weighted by atomic mass is 14.7. The fourth-order valence-corrected chi connectivity index (χ4v) is 1.32. The Bertz CT molecular complexity index is 230. The van der Waals surface area contributed by atoms with Gasteiger partial charge in [0.2, 0.25) is 0 Å². The van der Waals surface area contributed by atoms with E-state index in [1.54, 1.807) is 6.20 Å². The van der Waals surface area contributed by atoms with Gasteiger partial charge < -0.3 is 0 Å². The summed E-state index contributed by atoms with van der Waals surface area (Å²) in [5, 5.41) is 0. The molecule has 1 nitrogen and oxygen atoms in total. The van der Waals surface area contributed by atoms with Crippen LogP contribution in [0.25, 0.3) is 0 Å². The minimum atomic E-state index is 0.748. The number of hydrogen-bond donors (Lipinski definition) is 0. The molecule has 0 atom stereocenters. The second kappa shape index (κ2) is 5.79. The van der Waals surface area contributed by atoms with Gasteiger partial charge in [0.1, 0.15) is 7.85 Å². The van der Waals surface area contributed by atoms with Crippen LogP contribution in [0.1, 0.15) is 38.3 Å². The molecule has 0 saturated carbocycles. The SMILES string of the molecule is [B]c1ccc(CCCCCC)nc1. The maximum atomic E-state index is 5.54. The molecule has 0 spiro atoms. The third-order valence-corrected chi connectivity index (χ3v) is 2.13. The lowest BCUT2D eigenvalue weighted by atomic mass is 9.98. The maximum absolute atomic E-state index is 5.54. The molecule has 0 N–H and O–H groups in total. The van der Waals surface area contributed by atoms with Crippen LogP contribution >= 0.6 is 0 Å². The first-order chi connectivity index (χ1) is 6.33. The van der Waals surface area contributed by atoms with Gasteiger partial charge in [0.15, 0.2) is 0 Å². The van der Waals surface area contributed by atoms with Crippen molar-refractivity contribution in [1.82, 2.24) is 4.98 Å². The number of hydrogen-bond acceptors (Lipinski definition) is 1. The first-order valence-corrected chi connectivity index (χ1v) is 5.03. The Balaban J connectivity index is 2.25. The summed E-state index contributed by atoms with van der Waals surface area (Å²) in [7, 11) is 5.54. The summed E-state index contributed by atoms with van der Waals surface area (Å²) in [6.45, 7) is 2.22. The highest BCUT2D eigenvalue weighted by Crippen LogP contribution is 2.04. The number of nitrogens with zero attached hydrogens (tertiary/aromatic N) is 1. The summed E-state index contributed by atoms with van der Waals surface area (Å²) in [5.74, 6) is 0. The van der Waals surface area contributed by atoms with Crippen molar-refractivity contribution < 1.29 is 0 Å². The average molecular weight is 173 g/mol. The van der Waals surface area contributed by atoms with Crippen molar-refractivity contribution in [3.05, 3.63) is 24.0 Å². The molecular weight excluding hydrogens is 157 g/mol. The Morgan fingerprint density at radius 2 is 2.08 bits per heavy atom. The zero-order valence-corrected chi connectivity index (χ0v) is 8.29. The summed E-state index contributed by atoms with van der Waals surface area (Å²) < 4.78 is 0. The lowest BCUT2D eigenvalue weighted by Crippen LogP contribution is -2.03. The van der Waals surface area contributed by atoms with E-state index in [-0.39, 0.29) is 0 Å². The largest absolute Gasteiger partial charge is 0.262 e. The van der Waals surface area contributed by atoms with E-state index in [9.17, 15) is 0 Å². The van der Waals surface area contributed by atoms with Gasteiger partial charge in [0, 0.05) is 11.9 Å². The molecule has 0 amide bonds. The summed E-state index contributed by atoms with van der Waals surface area (Å²) in [6, 6.07) is 3.93. The van der Waals surface area contributed by atoms with Crippen molar-refractivity contribution in [3.8, 4) is 0 Å². The van der Waals surface area contributed by atoms with Gasteiger partial charge in [-0.1, -0.05) is 37.7 Å². The van der Waals surface area contributed by atoms with Crippen LogP contribution in [0.4, 0.5) is 0 Å². The van der Waals surface area contributed by atoms with Gasteiger partial charge >= 0.3 is 0 Å². The van der Waals surface area contributed by atoms with E-state index in [0.29, 0.717) is 0 Å². The molecule has 0 fully saturated rings. The quantitative estimate of drug-likeness (QED) is 0.490. The monoisotopic (exact) mass is 173 g/mol. The van der Waals surface area contributed by atoms with Gasteiger partial charge in [-0.05, 0) is 18.9 Å². The van der Waals surface area contributed by atoms with Crippen molar-refractivity contribution >= 4 is 13.3 Å². The average Bonchev–Trinajstić information content (AvgIpc) is 2.15. The fraction of sp³-hybridized carbons (Fsp3) is 0.545. The molecule has 0 aliphatic heterocycles. The normalized spacial score (nSPS) is 10.2. The number of aromatic nitrogens is 1. The molecule has 1 heterocycles. The van der Waals surface area contributed by atoms with E-state index in [2.05, 4.69) is 11.9 Å². The zero-order chi connectivity index (χ0) is 9.52. The van der Waals surface area contributed by atoms with E-state index in [4.69, 9.17) is 7.85 Å². The molecule has 68 valence electrons. The van der Waals surface area contributed by atoms with E-state index in [1.165, 1.54) is 25.7 Å². The summed E-state index contributed by atoms with van der Waals surface area (Å²) in [4.78, 5) is 4.25. The second-order valence-corrected chi connectivity index (χ2v) is 3.39. The third kappa shape index (κ3) is 4.11. The molecule has 0 saturated heterocycles. The molecule has 13 heavy (non-hydrogen) atoms. The first-order valence-electron chi connectivity index (χ1n) is 5.03. The lowest BCUT2D eigenvalue weighted by Gasteiger charge is -2.00. The minimum absolute atomic E-state index is 0.748. The zero-order valence-electron chi connectivity index (χ0n) is 8.29. The summed E-state index contributed by atoms with van der Waals surface area (Å²) in [6.07, 6.45) is 7.98. The van der Waals surface area contributed by atoms with Gasteiger partial charge in [-0.2, -0.15) is 0 Å². The topological polar surface area (TPSA) is 12.9 Å². The number of rotatable bonds is 5. The highest BCUT2D eigenvalue weighted by molar-refractivity contribution is 6.31. The number of pyridine rings is 1. The Morgan fingerprint density at radius 3 is 2.69 bits per heavy atom. The van der Waals surface area contributed by atoms with Crippen LogP contribution in [0.15, 0.2) is 18.3 Å². The van der Waals surface area contributed by atoms with Crippen molar-refractivity contribution in [2.45, 2.75) is 39.0 Å². The Morgan fingerprint density at radius 1 is 1.23 bits per heavy atom. The molecule has 0 aliphatic carbocycles. The van der Waals surface area contributed by atoms with E-state index in [1.807, 2.05) is 12.1 Å². The molecule has 2 heteroatoms. The van der Waals surface area contributed by atoms with Crippen LogP contribution in [0.5, 0.6) is 0 Å². The van der Waals surface area contributed by atoms with Gasteiger partial charge in [-0.25, -0.2) is 0 Å². The number of aryl methyl sites for hydroxylation is 1. The molecule has 1 aromatic heterocycles. The first kappa shape index (κ1) is 10.3. The molecule has 1 aromatic rings. The molecule has 0 bridgehead atoms. The maximum Gasteiger partial charge on any atom is 0.115 e. The highest BCUT2D eigenvalue weighted by Gasteiger charge is 1.93. The third-order valence-electron chi connectivity index (χ3n) is 2.13. The Hall–Kier alpha value is -0.785. The van der Waals surface area contributed by atoms with Gasteiger partial charge in [0.25, 0.3) is 0 Å². The van der Waals surface area contributed by atoms with Gasteiger partial charge in [0.05, 0.1) is 0 Å². The van der Waals surface area contributed by atoms with E-state index in [0.717, 1.165) is 17.6 Å². The Kier molecular flexibility index (Phi) is 4.59. The molecule has 1 rings (SSSR count). The van der Waals surface area contributed by atoms with Crippen LogP contribution in [0.2, 0.25) is 0 Å². The molecule has 0 unspecified atom stereocenters. The molecular formula is C11H16BN. The summed E-state index contributed by atoms with van der Waals surface area (Å²) >= 11 is 0. The van der Waals surface area contributed by atoms with E-state index >= 15 is 0 Å². The fourth-order valence-electron chi connectivity index (χ4n) is 1.32. The van der Waals surface area contributed by atoms with Crippen LogP contribution < -0.4 is 5.46 Å². The van der Waals surface area contributed by atoms with E-state index < -0.39 is 0 Å². The van der Waals surface area contributed by atoms with Crippen LogP contribution in [0, 0.1) is 0 Å². The standard InChI is InChI=1S/C11H16BN/c1-2-3-4-5-6-11-8-7-10(12)9-13-11/h7-9H,2-6H2,1H3. The second-order valence-electron chi connectivity index (χ2n) is 3.39. The minimum Gasteiger partial charge on any atom is -0.262 e. The van der Waals surface area contributed by atoms with Gasteiger partial charge in [-0.15, -0.1) is 0 Å². The predicted octanol–water partition coefficient (Wildman–Crippen LogP) is 2.00. The molecule has 0 aromatic carbocycles.